The van der Waals surface area contributed by atoms with Gasteiger partial charge in [-0.3, -0.25) is 4.90 Å². The first-order valence-corrected chi connectivity index (χ1v) is 10.1. The molecule has 1 aliphatic rings. The van der Waals surface area contributed by atoms with Crippen LogP contribution in [0.3, 0.4) is 0 Å². The highest BCUT2D eigenvalue weighted by Gasteiger charge is 2.29. The quantitative estimate of drug-likeness (QED) is 0.568. The standard InChI is InChI=1S/C24H27NO4/c1-4-16-7-9-19-17(13-24(26)29-23(19)12-16)15-25-11-5-6-21(25)20-10-8-18(27-2)14-22(20)28-3/h7-10,12-14,21H,4-6,11,15H2,1-3H3. The number of ether oxygens (including phenoxy) is 2. The summed E-state index contributed by atoms with van der Waals surface area (Å²) >= 11 is 0. The van der Waals surface area contributed by atoms with E-state index in [0.717, 1.165) is 53.8 Å². The molecule has 5 nitrogen and oxygen atoms in total. The smallest absolute Gasteiger partial charge is 0.336 e. The summed E-state index contributed by atoms with van der Waals surface area (Å²) in [5.74, 6) is 1.62. The van der Waals surface area contributed by atoms with Gasteiger partial charge in [0.25, 0.3) is 0 Å². The normalized spacial score (nSPS) is 17.0. The number of rotatable bonds is 6. The van der Waals surface area contributed by atoms with Crippen LogP contribution in [0.5, 0.6) is 11.5 Å². The van der Waals surface area contributed by atoms with Gasteiger partial charge in [-0.15, -0.1) is 0 Å². The van der Waals surface area contributed by atoms with Crippen molar-refractivity contribution in [1.29, 1.82) is 0 Å². The molecular weight excluding hydrogens is 366 g/mol. The second kappa shape index (κ2) is 8.29. The number of fused-ring (bicyclic) bond motifs is 1. The van der Waals surface area contributed by atoms with E-state index >= 15 is 0 Å². The van der Waals surface area contributed by atoms with Crippen molar-refractivity contribution in [2.75, 3.05) is 20.8 Å². The zero-order chi connectivity index (χ0) is 20.4. The zero-order valence-corrected chi connectivity index (χ0v) is 17.2. The van der Waals surface area contributed by atoms with Gasteiger partial charge in [-0.2, -0.15) is 0 Å². The molecule has 0 radical (unpaired) electrons. The van der Waals surface area contributed by atoms with Gasteiger partial charge in [-0.25, -0.2) is 4.79 Å². The predicted octanol–water partition coefficient (Wildman–Crippen LogP) is 4.71. The topological polar surface area (TPSA) is 51.9 Å². The minimum absolute atomic E-state index is 0.244. The second-order valence-corrected chi connectivity index (χ2v) is 7.51. The van der Waals surface area contributed by atoms with Gasteiger partial charge in [-0.05, 0) is 49.1 Å². The van der Waals surface area contributed by atoms with Gasteiger partial charge >= 0.3 is 5.63 Å². The second-order valence-electron chi connectivity index (χ2n) is 7.51. The van der Waals surface area contributed by atoms with E-state index in [1.54, 1.807) is 20.3 Å². The van der Waals surface area contributed by atoms with E-state index in [0.29, 0.717) is 12.1 Å². The Kier molecular flexibility index (Phi) is 5.58. The van der Waals surface area contributed by atoms with E-state index < -0.39 is 0 Å². The lowest BCUT2D eigenvalue weighted by Gasteiger charge is -2.26. The van der Waals surface area contributed by atoms with Crippen molar-refractivity contribution in [2.24, 2.45) is 0 Å². The fraction of sp³-hybridized carbons (Fsp3) is 0.375. The third-order valence-electron chi connectivity index (χ3n) is 5.84. The van der Waals surface area contributed by atoms with Crippen molar-refractivity contribution in [3.05, 3.63) is 69.6 Å². The van der Waals surface area contributed by atoms with Crippen LogP contribution in [0.1, 0.15) is 42.5 Å². The highest BCUT2D eigenvalue weighted by Crippen LogP contribution is 2.39. The van der Waals surface area contributed by atoms with Gasteiger partial charge in [0.1, 0.15) is 17.1 Å². The van der Waals surface area contributed by atoms with Crippen molar-refractivity contribution in [3.63, 3.8) is 0 Å². The molecule has 0 bridgehead atoms. The van der Waals surface area contributed by atoms with Gasteiger partial charge in [0.15, 0.2) is 0 Å². The van der Waals surface area contributed by atoms with Crippen molar-refractivity contribution in [1.82, 2.24) is 4.90 Å². The molecule has 2 aromatic carbocycles. The van der Waals surface area contributed by atoms with Gasteiger partial charge in [0.05, 0.1) is 14.2 Å². The van der Waals surface area contributed by atoms with Crippen LogP contribution in [-0.2, 0) is 13.0 Å². The molecule has 0 aliphatic carbocycles. The summed E-state index contributed by atoms with van der Waals surface area (Å²) in [4.78, 5) is 14.6. The van der Waals surface area contributed by atoms with Crippen LogP contribution in [0.2, 0.25) is 0 Å². The molecule has 0 amide bonds. The van der Waals surface area contributed by atoms with Crippen molar-refractivity contribution in [3.8, 4) is 11.5 Å². The Bertz CT molecular complexity index is 1070. The number of hydrogen-bond donors (Lipinski definition) is 0. The summed E-state index contributed by atoms with van der Waals surface area (Å²) in [5.41, 5.74) is 3.72. The summed E-state index contributed by atoms with van der Waals surface area (Å²) in [6.07, 6.45) is 3.08. The summed E-state index contributed by atoms with van der Waals surface area (Å²) < 4.78 is 16.5. The number of benzene rings is 2. The largest absolute Gasteiger partial charge is 0.497 e. The Morgan fingerprint density at radius 1 is 1.10 bits per heavy atom. The first kappa shape index (κ1) is 19.5. The van der Waals surface area contributed by atoms with Crippen molar-refractivity contribution >= 4 is 11.0 Å². The zero-order valence-electron chi connectivity index (χ0n) is 17.2. The predicted molar refractivity (Wildman–Crippen MR) is 114 cm³/mol. The summed E-state index contributed by atoms with van der Waals surface area (Å²) in [6, 6.07) is 14.0. The van der Waals surface area contributed by atoms with E-state index in [4.69, 9.17) is 13.9 Å². The number of likely N-dealkylation sites (tertiary alicyclic amines) is 1. The third-order valence-corrected chi connectivity index (χ3v) is 5.84. The molecule has 1 saturated heterocycles. The third kappa shape index (κ3) is 3.87. The highest BCUT2D eigenvalue weighted by molar-refractivity contribution is 5.80. The molecule has 1 unspecified atom stereocenters. The van der Waals surface area contributed by atoms with E-state index in [-0.39, 0.29) is 11.7 Å². The van der Waals surface area contributed by atoms with Crippen LogP contribution in [0.4, 0.5) is 0 Å². The maximum absolute atomic E-state index is 12.2. The molecule has 2 heterocycles. The lowest BCUT2D eigenvalue weighted by molar-refractivity contribution is 0.243. The van der Waals surface area contributed by atoms with Crippen LogP contribution in [0.15, 0.2) is 51.7 Å². The Hall–Kier alpha value is -2.79. The first-order chi connectivity index (χ1) is 14.1. The molecule has 5 heteroatoms. The number of methoxy groups -OCH3 is 2. The Morgan fingerprint density at radius 3 is 2.72 bits per heavy atom. The summed E-state index contributed by atoms with van der Waals surface area (Å²) in [5, 5.41) is 1.01. The summed E-state index contributed by atoms with van der Waals surface area (Å²) in [7, 11) is 3.35. The number of aryl methyl sites for hydroxylation is 1. The monoisotopic (exact) mass is 393 g/mol. The van der Waals surface area contributed by atoms with Crippen molar-refractivity contribution < 1.29 is 13.9 Å². The molecular formula is C24H27NO4. The van der Waals surface area contributed by atoms with Gasteiger partial charge in [-0.1, -0.05) is 25.1 Å². The Morgan fingerprint density at radius 2 is 1.97 bits per heavy atom. The van der Waals surface area contributed by atoms with Crippen LogP contribution in [0.25, 0.3) is 11.0 Å². The molecule has 3 aromatic rings. The van der Waals surface area contributed by atoms with Crippen LogP contribution < -0.4 is 15.1 Å². The SMILES string of the molecule is CCc1ccc2c(CN3CCCC3c3ccc(OC)cc3OC)cc(=O)oc2c1. The van der Waals surface area contributed by atoms with Crippen LogP contribution in [0, 0.1) is 0 Å². The number of hydrogen-bond acceptors (Lipinski definition) is 5. The lowest BCUT2D eigenvalue weighted by atomic mass is 10.0. The van der Waals surface area contributed by atoms with E-state index in [2.05, 4.69) is 30.0 Å². The molecule has 1 aromatic heterocycles. The van der Waals surface area contributed by atoms with Gasteiger partial charge in [0.2, 0.25) is 0 Å². The minimum Gasteiger partial charge on any atom is -0.497 e. The highest BCUT2D eigenvalue weighted by atomic mass is 16.5. The maximum Gasteiger partial charge on any atom is 0.336 e. The molecule has 152 valence electrons. The average molecular weight is 393 g/mol. The van der Waals surface area contributed by atoms with E-state index in [9.17, 15) is 4.79 Å². The molecule has 0 saturated carbocycles. The first-order valence-electron chi connectivity index (χ1n) is 10.1. The lowest BCUT2D eigenvalue weighted by Crippen LogP contribution is -2.24. The van der Waals surface area contributed by atoms with E-state index in [1.807, 2.05) is 18.2 Å². The van der Waals surface area contributed by atoms with Crippen molar-refractivity contribution in [2.45, 2.75) is 38.8 Å². The maximum atomic E-state index is 12.2. The fourth-order valence-corrected chi connectivity index (χ4v) is 4.31. The molecule has 1 fully saturated rings. The number of nitrogens with zero attached hydrogens (tertiary/aromatic N) is 1. The fourth-order valence-electron chi connectivity index (χ4n) is 4.31. The molecule has 0 N–H and O–H groups in total. The van der Waals surface area contributed by atoms with Gasteiger partial charge in [0, 0.05) is 35.7 Å². The Labute approximate surface area is 170 Å². The molecule has 29 heavy (non-hydrogen) atoms. The molecule has 1 aliphatic heterocycles. The van der Waals surface area contributed by atoms with Crippen LogP contribution in [-0.4, -0.2) is 25.7 Å². The summed E-state index contributed by atoms with van der Waals surface area (Å²) in [6.45, 7) is 3.78. The van der Waals surface area contributed by atoms with Gasteiger partial charge < -0.3 is 13.9 Å². The molecule has 0 spiro atoms. The molecule has 4 rings (SSSR count). The average Bonchev–Trinajstić information content (AvgIpc) is 3.20. The van der Waals surface area contributed by atoms with E-state index in [1.165, 1.54) is 5.56 Å². The van der Waals surface area contributed by atoms with Crippen LogP contribution >= 0.6 is 0 Å². The Balaban J connectivity index is 1.68. The molecule has 1 atom stereocenters. The minimum atomic E-state index is -0.293.